The summed E-state index contributed by atoms with van der Waals surface area (Å²) < 4.78 is 0.0878. The summed E-state index contributed by atoms with van der Waals surface area (Å²) in [4.78, 5) is 16.2. The quantitative estimate of drug-likeness (QED) is 0.215. The molecule has 1 aromatic carbocycles. The van der Waals surface area contributed by atoms with Gasteiger partial charge in [-0.2, -0.15) is 11.8 Å². The number of hydrogen-bond acceptors (Lipinski definition) is 4. The smallest absolute Gasteiger partial charge is 0.246 e. The molecule has 1 amide bonds. The molecule has 1 aromatic rings. The van der Waals surface area contributed by atoms with E-state index in [1.54, 1.807) is 23.9 Å². The van der Waals surface area contributed by atoms with Crippen LogP contribution < -0.4 is 16.0 Å². The predicted molar refractivity (Wildman–Crippen MR) is 114 cm³/mol. The normalized spacial score (nSPS) is 11.4. The molecule has 0 saturated carbocycles. The molecule has 1 rings (SSSR count). The maximum atomic E-state index is 11.9. The van der Waals surface area contributed by atoms with E-state index in [2.05, 4.69) is 41.0 Å². The standard InChI is InChI=1S/C16H26N4O2S.HI/c1-5-17-15(19-11-16(2,3)23-4)18-10-14(22)20-12-6-8-13(21)9-7-12;/h6-9,21H,5,10-11H2,1-4H3,(H,20,22)(H2,17,18,19);1H. The first-order valence-electron chi connectivity index (χ1n) is 7.52. The van der Waals surface area contributed by atoms with Gasteiger partial charge < -0.3 is 21.1 Å². The Morgan fingerprint density at radius 1 is 1.25 bits per heavy atom. The fourth-order valence-corrected chi connectivity index (χ4v) is 1.82. The Kier molecular flexibility index (Phi) is 10.9. The van der Waals surface area contributed by atoms with Crippen molar-refractivity contribution in [2.75, 3.05) is 31.2 Å². The van der Waals surface area contributed by atoms with Crippen molar-refractivity contribution in [2.24, 2.45) is 4.99 Å². The second-order valence-electron chi connectivity index (χ2n) is 5.61. The number of amides is 1. The van der Waals surface area contributed by atoms with Crippen LogP contribution in [-0.4, -0.2) is 47.6 Å². The molecule has 6 nitrogen and oxygen atoms in total. The first kappa shape index (κ1) is 22.8. The summed E-state index contributed by atoms with van der Waals surface area (Å²) in [5, 5.41) is 18.3. The number of aliphatic imine (C=N–C) groups is 1. The van der Waals surface area contributed by atoms with Gasteiger partial charge in [0.15, 0.2) is 5.96 Å². The topological polar surface area (TPSA) is 85.8 Å². The molecule has 0 aliphatic carbocycles. The van der Waals surface area contributed by atoms with Crippen molar-refractivity contribution in [3.8, 4) is 5.75 Å². The molecule has 0 aliphatic rings. The van der Waals surface area contributed by atoms with Crippen LogP contribution in [0.4, 0.5) is 5.69 Å². The number of hydrogen-bond donors (Lipinski definition) is 4. The number of anilines is 1. The summed E-state index contributed by atoms with van der Waals surface area (Å²) in [6.45, 7) is 7.77. The average Bonchev–Trinajstić information content (AvgIpc) is 2.52. The number of phenolic OH excluding ortho intramolecular Hbond substituents is 1. The van der Waals surface area contributed by atoms with Crippen molar-refractivity contribution >= 4 is 53.3 Å². The molecule has 136 valence electrons. The van der Waals surface area contributed by atoms with Gasteiger partial charge in [-0.3, -0.25) is 4.79 Å². The lowest BCUT2D eigenvalue weighted by atomic mass is 10.2. The SMILES string of the molecule is CCNC(=NCC(=O)Nc1ccc(O)cc1)NCC(C)(C)SC.I. The Hall–Kier alpha value is -1.16. The number of carbonyl (C=O) groups excluding carboxylic acids is 1. The van der Waals surface area contributed by atoms with E-state index in [1.807, 2.05) is 6.92 Å². The highest BCUT2D eigenvalue weighted by molar-refractivity contribution is 14.0. The first-order valence-corrected chi connectivity index (χ1v) is 8.75. The number of phenols is 1. The van der Waals surface area contributed by atoms with E-state index in [4.69, 9.17) is 0 Å². The summed E-state index contributed by atoms with van der Waals surface area (Å²) in [7, 11) is 0. The minimum atomic E-state index is -0.211. The van der Waals surface area contributed by atoms with Crippen molar-refractivity contribution in [3.05, 3.63) is 24.3 Å². The van der Waals surface area contributed by atoms with Crippen LogP contribution >= 0.6 is 35.7 Å². The van der Waals surface area contributed by atoms with E-state index in [1.165, 1.54) is 12.1 Å². The minimum Gasteiger partial charge on any atom is -0.508 e. The van der Waals surface area contributed by atoms with Gasteiger partial charge in [-0.25, -0.2) is 4.99 Å². The molecule has 0 bridgehead atoms. The van der Waals surface area contributed by atoms with Gasteiger partial charge in [0.25, 0.3) is 0 Å². The molecule has 8 heteroatoms. The largest absolute Gasteiger partial charge is 0.508 e. The Labute approximate surface area is 165 Å². The average molecular weight is 466 g/mol. The number of rotatable bonds is 7. The van der Waals surface area contributed by atoms with Gasteiger partial charge in [0, 0.05) is 23.5 Å². The molecule has 0 unspecified atom stereocenters. The van der Waals surface area contributed by atoms with E-state index in [-0.39, 0.29) is 46.9 Å². The van der Waals surface area contributed by atoms with Gasteiger partial charge in [0.05, 0.1) is 0 Å². The molecule has 0 aliphatic heterocycles. The maximum Gasteiger partial charge on any atom is 0.246 e. The molecule has 4 N–H and O–H groups in total. The summed E-state index contributed by atoms with van der Waals surface area (Å²) in [5.41, 5.74) is 0.629. The van der Waals surface area contributed by atoms with Crippen LogP contribution in [0.3, 0.4) is 0 Å². The van der Waals surface area contributed by atoms with Crippen molar-refractivity contribution in [3.63, 3.8) is 0 Å². The molecule has 0 atom stereocenters. The van der Waals surface area contributed by atoms with Crippen molar-refractivity contribution in [2.45, 2.75) is 25.5 Å². The Morgan fingerprint density at radius 3 is 2.42 bits per heavy atom. The molecule has 0 fully saturated rings. The van der Waals surface area contributed by atoms with Gasteiger partial charge in [-0.05, 0) is 51.3 Å². The monoisotopic (exact) mass is 466 g/mol. The highest BCUT2D eigenvalue weighted by Crippen LogP contribution is 2.19. The third kappa shape index (κ3) is 9.21. The summed E-state index contributed by atoms with van der Waals surface area (Å²) in [6, 6.07) is 6.33. The lowest BCUT2D eigenvalue weighted by Gasteiger charge is -2.23. The van der Waals surface area contributed by atoms with Gasteiger partial charge >= 0.3 is 0 Å². The van der Waals surface area contributed by atoms with Crippen LogP contribution in [0.2, 0.25) is 0 Å². The summed E-state index contributed by atoms with van der Waals surface area (Å²) >= 11 is 1.77. The minimum absolute atomic E-state index is 0. The number of benzene rings is 1. The fraction of sp³-hybridized carbons (Fsp3) is 0.500. The Bertz CT molecular complexity index is 535. The molecular weight excluding hydrogens is 439 g/mol. The summed E-state index contributed by atoms with van der Waals surface area (Å²) in [5.74, 6) is 0.573. The van der Waals surface area contributed by atoms with Crippen LogP contribution in [-0.2, 0) is 4.79 Å². The first-order chi connectivity index (χ1) is 10.9. The third-order valence-electron chi connectivity index (χ3n) is 3.11. The van der Waals surface area contributed by atoms with Gasteiger partial charge in [0.2, 0.25) is 5.91 Å². The molecule has 0 heterocycles. The van der Waals surface area contributed by atoms with E-state index in [0.29, 0.717) is 11.6 Å². The number of thioether (sulfide) groups is 1. The number of guanidine groups is 1. The Morgan fingerprint density at radius 2 is 1.88 bits per heavy atom. The van der Waals surface area contributed by atoms with E-state index in [0.717, 1.165) is 13.1 Å². The summed E-state index contributed by atoms with van der Waals surface area (Å²) in [6.07, 6.45) is 2.07. The molecule has 0 spiro atoms. The number of nitrogens with zero attached hydrogens (tertiary/aromatic N) is 1. The molecule has 0 aromatic heterocycles. The number of nitrogens with one attached hydrogen (secondary N) is 3. The number of carbonyl (C=O) groups is 1. The van der Waals surface area contributed by atoms with Crippen LogP contribution in [0.5, 0.6) is 5.75 Å². The van der Waals surface area contributed by atoms with Crippen LogP contribution in [0, 0.1) is 0 Å². The number of halogens is 1. The lowest BCUT2D eigenvalue weighted by Crippen LogP contribution is -2.43. The molecule has 24 heavy (non-hydrogen) atoms. The van der Waals surface area contributed by atoms with Crippen LogP contribution in [0.1, 0.15) is 20.8 Å². The van der Waals surface area contributed by atoms with Crippen LogP contribution in [0.25, 0.3) is 0 Å². The maximum absolute atomic E-state index is 11.9. The zero-order chi connectivity index (χ0) is 17.3. The van der Waals surface area contributed by atoms with E-state index >= 15 is 0 Å². The highest BCUT2D eigenvalue weighted by atomic mass is 127. The van der Waals surface area contributed by atoms with Crippen molar-refractivity contribution < 1.29 is 9.90 Å². The van der Waals surface area contributed by atoms with Crippen molar-refractivity contribution in [1.82, 2.24) is 10.6 Å². The third-order valence-corrected chi connectivity index (χ3v) is 4.36. The Balaban J connectivity index is 0.00000529. The fourth-order valence-electron chi connectivity index (χ4n) is 1.61. The molecule has 0 radical (unpaired) electrons. The van der Waals surface area contributed by atoms with Crippen LogP contribution in [0.15, 0.2) is 29.3 Å². The van der Waals surface area contributed by atoms with Crippen molar-refractivity contribution in [1.29, 1.82) is 0 Å². The van der Waals surface area contributed by atoms with E-state index < -0.39 is 0 Å². The van der Waals surface area contributed by atoms with Gasteiger partial charge in [-0.1, -0.05) is 0 Å². The zero-order valence-corrected chi connectivity index (χ0v) is 17.7. The second-order valence-corrected chi connectivity index (χ2v) is 7.12. The van der Waals surface area contributed by atoms with Gasteiger partial charge in [-0.15, -0.1) is 24.0 Å². The number of aromatic hydroxyl groups is 1. The second kappa shape index (κ2) is 11.4. The lowest BCUT2D eigenvalue weighted by molar-refractivity contribution is -0.114. The zero-order valence-electron chi connectivity index (χ0n) is 14.5. The van der Waals surface area contributed by atoms with Gasteiger partial charge in [0.1, 0.15) is 12.3 Å². The van der Waals surface area contributed by atoms with E-state index in [9.17, 15) is 9.90 Å². The highest BCUT2D eigenvalue weighted by Gasteiger charge is 2.16. The predicted octanol–water partition coefficient (Wildman–Crippen LogP) is 2.65. The molecule has 0 saturated heterocycles. The molecular formula is C16H27IN4O2S.